The lowest BCUT2D eigenvalue weighted by Gasteiger charge is -2.53. The minimum Gasteiger partial charge on any atom is -0.368 e. The van der Waals surface area contributed by atoms with Crippen molar-refractivity contribution >= 4 is 17.5 Å². The first-order chi connectivity index (χ1) is 14.6. The van der Waals surface area contributed by atoms with Gasteiger partial charge in [-0.3, -0.25) is 19.5 Å². The van der Waals surface area contributed by atoms with Crippen molar-refractivity contribution in [3.8, 4) is 0 Å². The summed E-state index contributed by atoms with van der Waals surface area (Å²) in [5.41, 5.74) is 1.34. The number of nitrogens with zero attached hydrogens (tertiary/aromatic N) is 4. The predicted molar refractivity (Wildman–Crippen MR) is 113 cm³/mol. The molecule has 0 N–H and O–H groups in total. The van der Waals surface area contributed by atoms with Crippen LogP contribution in [0.4, 0.5) is 5.69 Å². The van der Waals surface area contributed by atoms with Gasteiger partial charge in [0.1, 0.15) is 11.6 Å². The van der Waals surface area contributed by atoms with Crippen molar-refractivity contribution < 1.29 is 14.3 Å². The number of aryl methyl sites for hydroxylation is 1. The third-order valence-electron chi connectivity index (χ3n) is 7.33. The molecule has 0 unspecified atom stereocenters. The molecule has 1 saturated carbocycles. The summed E-state index contributed by atoms with van der Waals surface area (Å²) in [7, 11) is 0. The van der Waals surface area contributed by atoms with Gasteiger partial charge in [0, 0.05) is 45.0 Å². The van der Waals surface area contributed by atoms with Crippen molar-refractivity contribution in [2.24, 2.45) is 5.92 Å². The van der Waals surface area contributed by atoms with Crippen LogP contribution in [0.2, 0.25) is 0 Å². The molecule has 0 bridgehead atoms. The van der Waals surface area contributed by atoms with Gasteiger partial charge in [-0.15, -0.1) is 0 Å². The summed E-state index contributed by atoms with van der Waals surface area (Å²) < 4.78 is 5.61. The van der Waals surface area contributed by atoms with Crippen LogP contribution in [0.5, 0.6) is 0 Å². The number of carbonyl (C=O) groups excluding carboxylic acids is 2. The Hall–Kier alpha value is -1.99. The van der Waals surface area contributed by atoms with Crippen LogP contribution >= 0.6 is 0 Å². The second kappa shape index (κ2) is 7.93. The van der Waals surface area contributed by atoms with Gasteiger partial charge in [-0.05, 0) is 63.5 Å². The predicted octanol–water partition coefficient (Wildman–Crippen LogP) is 1.99. The maximum Gasteiger partial charge on any atom is 0.251 e. The molecule has 30 heavy (non-hydrogen) atoms. The molecule has 162 valence electrons. The van der Waals surface area contributed by atoms with Crippen molar-refractivity contribution in [1.29, 1.82) is 0 Å². The van der Waals surface area contributed by atoms with Gasteiger partial charge < -0.3 is 14.5 Å². The summed E-state index contributed by atoms with van der Waals surface area (Å²) in [6, 6.07) is 3.97. The Morgan fingerprint density at radius 3 is 2.60 bits per heavy atom. The van der Waals surface area contributed by atoms with Crippen LogP contribution in [0.15, 0.2) is 18.3 Å². The van der Waals surface area contributed by atoms with E-state index in [2.05, 4.69) is 9.88 Å². The number of rotatable bonds is 4. The number of piperazine rings is 1. The van der Waals surface area contributed by atoms with Gasteiger partial charge in [0.15, 0.2) is 0 Å². The molecular formula is C23H32N4O3. The van der Waals surface area contributed by atoms with Crippen LogP contribution < -0.4 is 4.90 Å². The van der Waals surface area contributed by atoms with E-state index < -0.39 is 5.54 Å². The lowest BCUT2D eigenvalue weighted by atomic mass is 9.81. The van der Waals surface area contributed by atoms with Crippen LogP contribution in [0.25, 0.3) is 0 Å². The van der Waals surface area contributed by atoms with Gasteiger partial charge in [0.2, 0.25) is 5.91 Å². The fraction of sp³-hybridized carbons (Fsp3) is 0.696. The number of aromatic nitrogens is 1. The Bertz CT molecular complexity index is 793. The van der Waals surface area contributed by atoms with E-state index in [4.69, 9.17) is 4.74 Å². The molecule has 4 fully saturated rings. The quantitative estimate of drug-likeness (QED) is 0.757. The largest absolute Gasteiger partial charge is 0.368 e. The highest BCUT2D eigenvalue weighted by molar-refractivity contribution is 6.01. The van der Waals surface area contributed by atoms with Crippen molar-refractivity contribution in [2.75, 3.05) is 44.2 Å². The second-order valence-electron chi connectivity index (χ2n) is 9.36. The van der Waals surface area contributed by atoms with E-state index in [0.29, 0.717) is 39.1 Å². The molecule has 0 aromatic carbocycles. The molecule has 3 saturated heterocycles. The van der Waals surface area contributed by atoms with Gasteiger partial charge in [0.05, 0.1) is 11.9 Å². The first-order valence-electron chi connectivity index (χ1n) is 11.5. The molecule has 7 nitrogen and oxygen atoms in total. The minimum absolute atomic E-state index is 0.110. The molecule has 1 spiro atoms. The van der Waals surface area contributed by atoms with E-state index in [1.54, 1.807) is 0 Å². The number of hydrogen-bond donors (Lipinski definition) is 0. The molecule has 1 aliphatic carbocycles. The average Bonchev–Trinajstić information content (AvgIpc) is 3.41. The number of ether oxygens (including phenoxy) is 1. The summed E-state index contributed by atoms with van der Waals surface area (Å²) in [4.78, 5) is 37.4. The average molecular weight is 413 g/mol. The van der Waals surface area contributed by atoms with Gasteiger partial charge >= 0.3 is 0 Å². The van der Waals surface area contributed by atoms with E-state index in [1.165, 1.54) is 12.8 Å². The fourth-order valence-corrected chi connectivity index (χ4v) is 5.27. The van der Waals surface area contributed by atoms with E-state index in [-0.39, 0.29) is 17.9 Å². The summed E-state index contributed by atoms with van der Waals surface area (Å²) in [6.07, 6.45) is 7.26. The van der Waals surface area contributed by atoms with Crippen LogP contribution in [0.1, 0.15) is 44.2 Å². The zero-order chi connectivity index (χ0) is 20.7. The molecule has 1 aromatic heterocycles. The van der Waals surface area contributed by atoms with Gasteiger partial charge in [-0.25, -0.2) is 0 Å². The standard InChI is InChI=1S/C23H32N4O3/c1-17-4-7-19(15-24-17)27-13-12-26(16-18-5-6-18)23(22(27)29)8-10-25(11-9-23)21(28)20-3-2-14-30-20/h4,7,15,18,20H,2-3,5-6,8-14,16H2,1H3/t20-/m0/s1. The first-order valence-corrected chi connectivity index (χ1v) is 11.5. The number of likely N-dealkylation sites (tertiary alicyclic amines) is 1. The smallest absolute Gasteiger partial charge is 0.251 e. The lowest BCUT2D eigenvalue weighted by molar-refractivity contribution is -0.149. The van der Waals surface area contributed by atoms with E-state index in [1.807, 2.05) is 35.1 Å². The lowest BCUT2D eigenvalue weighted by Crippen LogP contribution is -2.69. The van der Waals surface area contributed by atoms with Crippen LogP contribution in [-0.2, 0) is 14.3 Å². The van der Waals surface area contributed by atoms with Crippen molar-refractivity contribution in [1.82, 2.24) is 14.8 Å². The number of carbonyl (C=O) groups is 2. The van der Waals surface area contributed by atoms with E-state index in [9.17, 15) is 9.59 Å². The normalized spacial score (nSPS) is 27.1. The SMILES string of the molecule is Cc1ccc(N2CCN(CC3CC3)C3(CCN(C(=O)[C@@H]4CCCO4)CC3)C2=O)cn1. The Kier molecular flexibility index (Phi) is 5.27. The van der Waals surface area contributed by atoms with Gasteiger partial charge in [-0.1, -0.05) is 0 Å². The van der Waals surface area contributed by atoms with Gasteiger partial charge in [-0.2, -0.15) is 0 Å². The zero-order valence-electron chi connectivity index (χ0n) is 17.9. The third kappa shape index (κ3) is 3.62. The maximum atomic E-state index is 13.9. The molecule has 5 rings (SSSR count). The summed E-state index contributed by atoms with van der Waals surface area (Å²) >= 11 is 0. The monoisotopic (exact) mass is 412 g/mol. The topological polar surface area (TPSA) is 66.0 Å². The molecule has 1 atom stereocenters. The third-order valence-corrected chi connectivity index (χ3v) is 7.33. The Morgan fingerprint density at radius 1 is 1.17 bits per heavy atom. The molecule has 0 radical (unpaired) electrons. The Balaban J connectivity index is 1.35. The molecular weight excluding hydrogens is 380 g/mol. The summed E-state index contributed by atoms with van der Waals surface area (Å²) in [6.45, 7) is 6.50. The number of hydrogen-bond acceptors (Lipinski definition) is 5. The zero-order valence-corrected chi connectivity index (χ0v) is 17.9. The molecule has 3 aliphatic heterocycles. The Morgan fingerprint density at radius 2 is 1.97 bits per heavy atom. The van der Waals surface area contributed by atoms with Crippen molar-refractivity contribution in [3.05, 3.63) is 24.0 Å². The fourth-order valence-electron chi connectivity index (χ4n) is 5.27. The van der Waals surface area contributed by atoms with Gasteiger partial charge in [0.25, 0.3) is 5.91 Å². The number of piperidine rings is 1. The van der Waals surface area contributed by atoms with Crippen LogP contribution in [0, 0.1) is 12.8 Å². The van der Waals surface area contributed by atoms with Crippen LogP contribution in [0.3, 0.4) is 0 Å². The number of anilines is 1. The highest BCUT2D eigenvalue weighted by atomic mass is 16.5. The highest BCUT2D eigenvalue weighted by Gasteiger charge is 2.52. The van der Waals surface area contributed by atoms with E-state index >= 15 is 0 Å². The highest BCUT2D eigenvalue weighted by Crippen LogP contribution is 2.39. The second-order valence-corrected chi connectivity index (χ2v) is 9.36. The van der Waals surface area contributed by atoms with E-state index in [0.717, 1.165) is 43.2 Å². The first kappa shape index (κ1) is 19.9. The molecule has 1 aromatic rings. The molecule has 2 amide bonds. The Labute approximate surface area is 178 Å². The minimum atomic E-state index is -0.501. The number of amides is 2. The summed E-state index contributed by atoms with van der Waals surface area (Å²) in [5, 5.41) is 0. The molecule has 7 heteroatoms. The number of pyridine rings is 1. The molecule has 4 aliphatic rings. The molecule has 4 heterocycles. The summed E-state index contributed by atoms with van der Waals surface area (Å²) in [5.74, 6) is 1.03. The van der Waals surface area contributed by atoms with Crippen molar-refractivity contribution in [3.63, 3.8) is 0 Å². The maximum absolute atomic E-state index is 13.9. The van der Waals surface area contributed by atoms with Crippen LogP contribution in [-0.4, -0.2) is 77.6 Å². The van der Waals surface area contributed by atoms with Crippen molar-refractivity contribution in [2.45, 2.75) is 57.1 Å².